The molecule has 6 rings (SSSR count). The van der Waals surface area contributed by atoms with Crippen molar-refractivity contribution < 1.29 is 13.9 Å². The van der Waals surface area contributed by atoms with Crippen LogP contribution in [0.2, 0.25) is 0 Å². The molecule has 1 aliphatic carbocycles. The molecule has 5 heterocycles. The van der Waals surface area contributed by atoms with Gasteiger partial charge in [-0.1, -0.05) is 6.07 Å². The average molecular weight is 560 g/mol. The number of carbonyl (C=O) groups excluding carboxylic acids is 1. The fraction of sp³-hybridized carbons (Fsp3) is 0.370. The summed E-state index contributed by atoms with van der Waals surface area (Å²) in [5.74, 6) is 1.81. The van der Waals surface area contributed by atoms with Gasteiger partial charge in [0.1, 0.15) is 11.4 Å². The van der Waals surface area contributed by atoms with E-state index >= 15 is 0 Å². The molecule has 5 aromatic rings. The number of aromatic nitrogens is 9. The van der Waals surface area contributed by atoms with Crippen LogP contribution in [0.1, 0.15) is 61.6 Å². The van der Waals surface area contributed by atoms with Crippen molar-refractivity contribution in [2.75, 3.05) is 12.4 Å². The van der Waals surface area contributed by atoms with Gasteiger partial charge in [-0.25, -0.2) is 29.0 Å². The third-order valence-corrected chi connectivity index (χ3v) is 7.62. The van der Waals surface area contributed by atoms with E-state index in [0.29, 0.717) is 60.1 Å². The largest absolute Gasteiger partial charge is 0.368 e. The minimum Gasteiger partial charge on any atom is -0.368 e. The number of anilines is 2. The van der Waals surface area contributed by atoms with Crippen molar-refractivity contribution in [3.8, 4) is 5.82 Å². The predicted octanol–water partition coefficient (Wildman–Crippen LogP) is 3.77. The number of hydrogen-bond acceptors (Lipinski definition) is 9. The van der Waals surface area contributed by atoms with Crippen LogP contribution in [0.25, 0.3) is 17.0 Å². The van der Waals surface area contributed by atoms with Gasteiger partial charge < -0.3 is 20.4 Å². The second kappa shape index (κ2) is 10.7. The van der Waals surface area contributed by atoms with E-state index in [-0.39, 0.29) is 17.9 Å². The molecule has 0 aromatic carbocycles. The van der Waals surface area contributed by atoms with Gasteiger partial charge in [0.05, 0.1) is 24.8 Å². The fourth-order valence-electron chi connectivity index (χ4n) is 5.22. The number of amides is 1. The van der Waals surface area contributed by atoms with E-state index in [9.17, 15) is 9.18 Å². The van der Waals surface area contributed by atoms with Crippen molar-refractivity contribution >= 4 is 28.7 Å². The third kappa shape index (κ3) is 5.25. The molecule has 0 unspecified atom stereocenters. The maximum atomic E-state index is 13.5. The number of hydrogen-bond donors (Lipinski definition) is 4. The first-order chi connectivity index (χ1) is 19.8. The Labute approximate surface area is 234 Å². The van der Waals surface area contributed by atoms with E-state index in [1.165, 1.54) is 10.9 Å². The SMILES string of the molecule is CO[C@]1(C(=O)N[C@@H](C)c2ccc(-n3cc(F)cn3)nc2)CC[C@H](c2nc(Nc3cc(C)[nH]n3)c3nc[nH]c3n2)CC1. The fourth-order valence-corrected chi connectivity index (χ4v) is 5.22. The Morgan fingerprint density at radius 3 is 2.71 bits per heavy atom. The first kappa shape index (κ1) is 26.5. The third-order valence-electron chi connectivity index (χ3n) is 7.62. The van der Waals surface area contributed by atoms with Crippen molar-refractivity contribution in [2.24, 2.45) is 0 Å². The first-order valence-corrected chi connectivity index (χ1v) is 13.4. The van der Waals surface area contributed by atoms with Gasteiger partial charge in [0.2, 0.25) is 0 Å². The number of ether oxygens (including phenoxy) is 1. The molecule has 5 aromatic heterocycles. The lowest BCUT2D eigenvalue weighted by molar-refractivity contribution is -0.148. The summed E-state index contributed by atoms with van der Waals surface area (Å²) in [6.45, 7) is 3.81. The number of methoxy groups -OCH3 is 1. The van der Waals surface area contributed by atoms with Gasteiger partial charge in [0.15, 0.2) is 34.4 Å². The van der Waals surface area contributed by atoms with Crippen LogP contribution in [-0.2, 0) is 9.53 Å². The molecule has 212 valence electrons. The number of nitrogens with one attached hydrogen (secondary N) is 4. The van der Waals surface area contributed by atoms with Crippen molar-refractivity contribution in [3.05, 3.63) is 66.0 Å². The molecular formula is C27H30FN11O2. The van der Waals surface area contributed by atoms with E-state index in [4.69, 9.17) is 14.7 Å². The molecule has 1 atom stereocenters. The number of H-pyrrole nitrogens is 2. The Morgan fingerprint density at radius 1 is 1.22 bits per heavy atom. The van der Waals surface area contributed by atoms with E-state index in [0.717, 1.165) is 17.5 Å². The maximum absolute atomic E-state index is 13.5. The highest BCUT2D eigenvalue weighted by Crippen LogP contribution is 2.40. The maximum Gasteiger partial charge on any atom is 0.252 e. The zero-order valence-corrected chi connectivity index (χ0v) is 22.8. The minimum atomic E-state index is -0.962. The summed E-state index contributed by atoms with van der Waals surface area (Å²) in [6.07, 6.45) is 7.99. The van der Waals surface area contributed by atoms with Crippen LogP contribution < -0.4 is 10.6 Å². The highest BCUT2D eigenvalue weighted by atomic mass is 19.1. The average Bonchev–Trinajstić information content (AvgIpc) is 3.74. The number of halogens is 1. The molecule has 0 aliphatic heterocycles. The number of carbonyl (C=O) groups is 1. The molecular weight excluding hydrogens is 529 g/mol. The van der Waals surface area contributed by atoms with E-state index in [1.807, 2.05) is 26.0 Å². The number of pyridine rings is 1. The monoisotopic (exact) mass is 559 g/mol. The number of nitrogens with zero attached hydrogens (tertiary/aromatic N) is 7. The highest BCUT2D eigenvalue weighted by Gasteiger charge is 2.43. The number of aromatic amines is 2. The number of imidazole rings is 1. The van der Waals surface area contributed by atoms with Crippen LogP contribution >= 0.6 is 0 Å². The smallest absolute Gasteiger partial charge is 0.252 e. The summed E-state index contributed by atoms with van der Waals surface area (Å²) >= 11 is 0. The van der Waals surface area contributed by atoms with Crippen LogP contribution in [-0.4, -0.2) is 63.5 Å². The molecule has 1 saturated carbocycles. The topological polar surface area (TPSA) is 164 Å². The van der Waals surface area contributed by atoms with Gasteiger partial charge in [-0.3, -0.25) is 9.89 Å². The molecule has 0 bridgehead atoms. The van der Waals surface area contributed by atoms with Gasteiger partial charge in [0.25, 0.3) is 5.91 Å². The molecule has 4 N–H and O–H groups in total. The second-order valence-corrected chi connectivity index (χ2v) is 10.3. The number of rotatable bonds is 8. The molecule has 41 heavy (non-hydrogen) atoms. The highest BCUT2D eigenvalue weighted by molar-refractivity contribution is 5.86. The lowest BCUT2D eigenvalue weighted by Crippen LogP contribution is -2.50. The van der Waals surface area contributed by atoms with Crippen LogP contribution in [0, 0.1) is 12.7 Å². The molecule has 0 saturated heterocycles. The van der Waals surface area contributed by atoms with E-state index in [1.54, 1.807) is 25.7 Å². The van der Waals surface area contributed by atoms with Crippen LogP contribution in [0.3, 0.4) is 0 Å². The Bertz CT molecular complexity index is 1670. The summed E-state index contributed by atoms with van der Waals surface area (Å²) in [6, 6.07) is 5.14. The van der Waals surface area contributed by atoms with Crippen molar-refractivity contribution in [1.29, 1.82) is 0 Å². The number of aryl methyl sites for hydroxylation is 1. The van der Waals surface area contributed by atoms with Gasteiger partial charge in [-0.15, -0.1) is 0 Å². The minimum absolute atomic E-state index is 0.0431. The Hall–Kier alpha value is -4.72. The van der Waals surface area contributed by atoms with Crippen LogP contribution in [0.5, 0.6) is 0 Å². The van der Waals surface area contributed by atoms with Gasteiger partial charge in [-0.05, 0) is 51.2 Å². The second-order valence-electron chi connectivity index (χ2n) is 10.3. The van der Waals surface area contributed by atoms with E-state index < -0.39 is 11.4 Å². The lowest BCUT2D eigenvalue weighted by Gasteiger charge is -2.38. The van der Waals surface area contributed by atoms with Gasteiger partial charge in [0, 0.05) is 31.0 Å². The molecule has 0 spiro atoms. The predicted molar refractivity (Wildman–Crippen MR) is 147 cm³/mol. The summed E-state index contributed by atoms with van der Waals surface area (Å²) in [5.41, 5.74) is 2.04. The normalized spacial score (nSPS) is 19.8. The molecule has 13 nitrogen and oxygen atoms in total. The molecule has 1 aliphatic rings. The Morgan fingerprint density at radius 2 is 2.05 bits per heavy atom. The summed E-state index contributed by atoms with van der Waals surface area (Å²) in [5, 5.41) is 17.4. The van der Waals surface area contributed by atoms with Gasteiger partial charge >= 0.3 is 0 Å². The zero-order chi connectivity index (χ0) is 28.6. The Balaban J connectivity index is 1.13. The van der Waals surface area contributed by atoms with Crippen LogP contribution in [0.4, 0.5) is 16.0 Å². The molecule has 1 fully saturated rings. The quantitative estimate of drug-likeness (QED) is 0.221. The molecule has 1 amide bonds. The molecule has 0 radical (unpaired) electrons. The number of fused-ring (bicyclic) bond motifs is 1. The zero-order valence-electron chi connectivity index (χ0n) is 22.8. The van der Waals surface area contributed by atoms with Crippen molar-refractivity contribution in [2.45, 2.75) is 57.1 Å². The van der Waals surface area contributed by atoms with Crippen molar-refractivity contribution in [3.63, 3.8) is 0 Å². The first-order valence-electron chi connectivity index (χ1n) is 13.4. The van der Waals surface area contributed by atoms with Gasteiger partial charge in [-0.2, -0.15) is 10.2 Å². The summed E-state index contributed by atoms with van der Waals surface area (Å²) in [7, 11) is 1.57. The lowest BCUT2D eigenvalue weighted by atomic mass is 9.77. The molecule has 14 heteroatoms. The summed E-state index contributed by atoms with van der Waals surface area (Å²) < 4.78 is 20.5. The summed E-state index contributed by atoms with van der Waals surface area (Å²) in [4.78, 5) is 34.8. The Kier molecular flexibility index (Phi) is 6.91. The standard InChI is InChI=1S/C27H30FN11O2/c1-15-10-20(38-37-15)34-25-22-24(31-14-30-22)35-23(36-25)17-6-8-27(41-3,9-7-17)26(40)33-16(2)18-4-5-21(29-11-18)39-13-19(28)12-32-39/h4-5,10-14,16-17H,6-9H2,1-3H3,(H,33,40)(H3,30,31,34,35,36,37,38)/t16-,17-,27+/m0/s1. The van der Waals surface area contributed by atoms with Crippen molar-refractivity contribution in [1.82, 2.24) is 50.2 Å². The van der Waals surface area contributed by atoms with E-state index in [2.05, 4.69) is 40.9 Å². The van der Waals surface area contributed by atoms with Crippen LogP contribution in [0.15, 0.2) is 43.1 Å².